The number of hydrogen-bond donors (Lipinski definition) is 1. The molecular formula is C25H17F3N4O4S. The first-order chi connectivity index (χ1) is 17.8. The fourth-order valence-electron chi connectivity index (χ4n) is 3.74. The number of pyridine rings is 1. The van der Waals surface area contributed by atoms with Gasteiger partial charge in [-0.1, -0.05) is 23.5 Å². The number of benzene rings is 3. The average Bonchev–Trinajstić information content (AvgIpc) is 3.36. The van der Waals surface area contributed by atoms with E-state index in [4.69, 9.17) is 14.2 Å². The molecule has 1 N–H and O–H groups in total. The molecule has 5 aromatic rings. The lowest BCUT2D eigenvalue weighted by molar-refractivity contribution is -0.138. The van der Waals surface area contributed by atoms with Gasteiger partial charge in [0.2, 0.25) is 10.1 Å². The second-order valence-electron chi connectivity index (χ2n) is 7.69. The van der Waals surface area contributed by atoms with Crippen LogP contribution in [0.1, 0.15) is 15.4 Å². The number of anilines is 1. The van der Waals surface area contributed by atoms with Crippen molar-refractivity contribution in [2.24, 2.45) is 0 Å². The molecule has 8 nitrogen and oxygen atoms in total. The molecule has 1 amide bonds. The van der Waals surface area contributed by atoms with Gasteiger partial charge in [0.1, 0.15) is 11.5 Å². The number of halogens is 3. The highest BCUT2D eigenvalue weighted by Gasteiger charge is 2.35. The summed E-state index contributed by atoms with van der Waals surface area (Å²) in [4.78, 5) is 17.2. The molecule has 0 radical (unpaired) electrons. The van der Waals surface area contributed by atoms with Crippen molar-refractivity contribution in [3.63, 3.8) is 0 Å². The van der Waals surface area contributed by atoms with Crippen LogP contribution >= 0.6 is 11.3 Å². The Kier molecular flexibility index (Phi) is 6.25. The van der Waals surface area contributed by atoms with Gasteiger partial charge >= 0.3 is 6.18 Å². The van der Waals surface area contributed by atoms with Crippen LogP contribution in [0, 0.1) is 0 Å². The van der Waals surface area contributed by atoms with Crippen molar-refractivity contribution in [2.75, 3.05) is 19.5 Å². The number of rotatable bonds is 6. The maximum Gasteiger partial charge on any atom is 0.445 e. The molecule has 0 spiro atoms. The lowest BCUT2D eigenvalue weighted by Crippen LogP contribution is -2.12. The number of ether oxygens (including phenoxy) is 3. The zero-order valence-electron chi connectivity index (χ0n) is 19.3. The van der Waals surface area contributed by atoms with Gasteiger partial charge in [0.25, 0.3) is 5.91 Å². The summed E-state index contributed by atoms with van der Waals surface area (Å²) < 4.78 is 55.2. The molecule has 37 heavy (non-hydrogen) atoms. The minimum absolute atomic E-state index is 0.245. The molecule has 0 aliphatic carbocycles. The molecule has 3 aromatic carbocycles. The predicted molar refractivity (Wildman–Crippen MR) is 132 cm³/mol. The third-order valence-corrected chi connectivity index (χ3v) is 6.30. The van der Waals surface area contributed by atoms with E-state index in [0.29, 0.717) is 44.7 Å². The van der Waals surface area contributed by atoms with Gasteiger partial charge in [-0.25, -0.2) is 0 Å². The predicted octanol–water partition coefficient (Wildman–Crippen LogP) is 6.32. The zero-order chi connectivity index (χ0) is 26.2. The molecule has 12 heteroatoms. The molecule has 0 saturated carbocycles. The van der Waals surface area contributed by atoms with Crippen molar-refractivity contribution in [3.8, 4) is 23.0 Å². The highest BCUT2D eigenvalue weighted by Crippen LogP contribution is 2.38. The minimum atomic E-state index is -4.63. The first-order valence-electron chi connectivity index (χ1n) is 10.7. The summed E-state index contributed by atoms with van der Waals surface area (Å²) in [6, 6.07) is 15.4. The summed E-state index contributed by atoms with van der Waals surface area (Å²) in [6.07, 6.45) is -3.02. The van der Waals surface area contributed by atoms with Crippen LogP contribution in [0.3, 0.4) is 0 Å². The fraction of sp³-hybridized carbons (Fsp3) is 0.120. The van der Waals surface area contributed by atoms with Crippen molar-refractivity contribution in [3.05, 3.63) is 71.4 Å². The van der Waals surface area contributed by atoms with Crippen LogP contribution in [0.5, 0.6) is 23.0 Å². The standard InChI is InChI=1S/C25H17F3N4O4S/c1-34-20-11-17-18(12-21(20)35-2)29-9-8-19(17)36-14-6-7-15-13(10-14)4-3-5-16(15)22(33)30-24-32-31-23(37-24)25(26,27)28/h3-12H,1-2H3,(H,30,32,33). The Morgan fingerprint density at radius 3 is 2.43 bits per heavy atom. The Balaban J connectivity index is 1.44. The van der Waals surface area contributed by atoms with Gasteiger partial charge in [0, 0.05) is 23.2 Å². The number of aromatic nitrogens is 3. The van der Waals surface area contributed by atoms with Crippen LogP contribution in [-0.4, -0.2) is 35.3 Å². The molecular weight excluding hydrogens is 509 g/mol. The van der Waals surface area contributed by atoms with Gasteiger partial charge in [0.05, 0.1) is 19.7 Å². The van der Waals surface area contributed by atoms with Crippen LogP contribution in [-0.2, 0) is 6.18 Å². The first-order valence-corrected chi connectivity index (χ1v) is 11.5. The molecule has 0 aliphatic rings. The smallest absolute Gasteiger partial charge is 0.445 e. The zero-order valence-corrected chi connectivity index (χ0v) is 20.1. The van der Waals surface area contributed by atoms with Gasteiger partial charge in [-0.3, -0.25) is 15.1 Å². The van der Waals surface area contributed by atoms with Crippen LogP contribution in [0.4, 0.5) is 18.3 Å². The van der Waals surface area contributed by atoms with Crippen molar-refractivity contribution in [1.82, 2.24) is 15.2 Å². The highest BCUT2D eigenvalue weighted by atomic mass is 32.1. The number of alkyl halides is 3. The van der Waals surface area contributed by atoms with E-state index in [0.717, 1.165) is 0 Å². The SMILES string of the molecule is COc1cc2nccc(Oc3ccc4c(C(=O)Nc5nnc(C(F)(F)F)s5)cccc4c3)c2cc1OC. The van der Waals surface area contributed by atoms with E-state index in [2.05, 4.69) is 20.5 Å². The van der Waals surface area contributed by atoms with Crippen LogP contribution in [0.25, 0.3) is 21.7 Å². The second kappa shape index (κ2) is 9.54. The molecule has 0 atom stereocenters. The third-order valence-electron chi connectivity index (χ3n) is 5.42. The molecule has 5 rings (SSSR count). The summed E-state index contributed by atoms with van der Waals surface area (Å²) in [6.45, 7) is 0. The third kappa shape index (κ3) is 4.83. The first kappa shape index (κ1) is 24.3. The Bertz CT molecular complexity index is 1640. The summed E-state index contributed by atoms with van der Waals surface area (Å²) in [5, 5.41) is 9.48. The highest BCUT2D eigenvalue weighted by molar-refractivity contribution is 7.15. The van der Waals surface area contributed by atoms with Gasteiger partial charge in [-0.15, -0.1) is 10.2 Å². The van der Waals surface area contributed by atoms with E-state index < -0.39 is 17.1 Å². The Morgan fingerprint density at radius 2 is 1.70 bits per heavy atom. The lowest BCUT2D eigenvalue weighted by Gasteiger charge is -2.13. The molecule has 0 fully saturated rings. The minimum Gasteiger partial charge on any atom is -0.493 e. The molecule has 188 valence electrons. The molecule has 0 saturated heterocycles. The number of hydrogen-bond acceptors (Lipinski definition) is 8. The largest absolute Gasteiger partial charge is 0.493 e. The number of methoxy groups -OCH3 is 2. The fourth-order valence-corrected chi connectivity index (χ4v) is 4.35. The van der Waals surface area contributed by atoms with Crippen LogP contribution in [0.2, 0.25) is 0 Å². The summed E-state index contributed by atoms with van der Waals surface area (Å²) in [5.74, 6) is 1.51. The topological polar surface area (TPSA) is 95.5 Å². The Labute approximate surface area is 211 Å². The molecule has 0 aliphatic heterocycles. The van der Waals surface area contributed by atoms with Crippen molar-refractivity contribution in [1.29, 1.82) is 0 Å². The number of fused-ring (bicyclic) bond motifs is 2. The number of carbonyl (C=O) groups is 1. The van der Waals surface area contributed by atoms with Crippen LogP contribution in [0.15, 0.2) is 60.8 Å². The number of amides is 1. The summed E-state index contributed by atoms with van der Waals surface area (Å²) >= 11 is 0.257. The lowest BCUT2D eigenvalue weighted by atomic mass is 10.0. The molecule has 0 bridgehead atoms. The maximum atomic E-state index is 12.8. The summed E-state index contributed by atoms with van der Waals surface area (Å²) in [5.41, 5.74) is 0.916. The van der Waals surface area contributed by atoms with Crippen LogP contribution < -0.4 is 19.5 Å². The average molecular weight is 526 g/mol. The molecule has 2 heterocycles. The summed E-state index contributed by atoms with van der Waals surface area (Å²) in [7, 11) is 3.08. The Hall–Kier alpha value is -4.45. The second-order valence-corrected chi connectivity index (χ2v) is 8.67. The monoisotopic (exact) mass is 526 g/mol. The maximum absolute atomic E-state index is 12.8. The number of nitrogens with one attached hydrogen (secondary N) is 1. The number of carbonyl (C=O) groups excluding carboxylic acids is 1. The van der Waals surface area contributed by atoms with Gasteiger partial charge < -0.3 is 14.2 Å². The quantitative estimate of drug-likeness (QED) is 0.277. The van der Waals surface area contributed by atoms with E-state index in [9.17, 15) is 18.0 Å². The van der Waals surface area contributed by atoms with Gasteiger partial charge in [-0.05, 0) is 47.2 Å². The van der Waals surface area contributed by atoms with Crippen molar-refractivity contribution < 1.29 is 32.2 Å². The van der Waals surface area contributed by atoms with Crippen molar-refractivity contribution >= 4 is 44.1 Å². The van der Waals surface area contributed by atoms with E-state index in [1.54, 1.807) is 67.9 Å². The molecule has 0 unspecified atom stereocenters. The Morgan fingerprint density at radius 1 is 0.919 bits per heavy atom. The number of nitrogens with zero attached hydrogens (tertiary/aromatic N) is 3. The van der Waals surface area contributed by atoms with Gasteiger partial charge in [0.15, 0.2) is 11.5 Å². The van der Waals surface area contributed by atoms with E-state index >= 15 is 0 Å². The van der Waals surface area contributed by atoms with E-state index in [-0.39, 0.29) is 22.0 Å². The van der Waals surface area contributed by atoms with E-state index in [1.807, 2.05) is 0 Å². The molecule has 2 aromatic heterocycles. The van der Waals surface area contributed by atoms with Gasteiger partial charge in [-0.2, -0.15) is 13.2 Å². The van der Waals surface area contributed by atoms with Crippen molar-refractivity contribution in [2.45, 2.75) is 6.18 Å². The van der Waals surface area contributed by atoms with E-state index in [1.165, 1.54) is 7.11 Å². The normalized spacial score (nSPS) is 11.5.